The van der Waals surface area contributed by atoms with Crippen LogP contribution >= 0.6 is 15.9 Å². The number of likely N-dealkylation sites (N-methyl/N-ethyl adjacent to an activating group) is 1. The number of rotatable bonds is 7. The molecular weight excluding hydrogens is 446 g/mol. The van der Waals surface area contributed by atoms with Gasteiger partial charge in [0, 0.05) is 23.7 Å². The Balaban J connectivity index is 1.62. The van der Waals surface area contributed by atoms with Crippen molar-refractivity contribution in [2.24, 2.45) is 0 Å². The lowest BCUT2D eigenvalue weighted by Gasteiger charge is -2.30. The maximum atomic E-state index is 12.6. The highest BCUT2D eigenvalue weighted by Crippen LogP contribution is 2.35. The second-order valence-electron chi connectivity index (χ2n) is 6.30. The maximum Gasteiger partial charge on any atom is 0.271 e. The van der Waals surface area contributed by atoms with Gasteiger partial charge in [-0.05, 0) is 30.3 Å². The minimum Gasteiger partial charge on any atom is -0.492 e. The largest absolute Gasteiger partial charge is 0.492 e. The molecule has 0 aliphatic carbocycles. The lowest BCUT2D eigenvalue weighted by atomic mass is 10.2. The standard InChI is InChI=1S/C19H18BrN3O6/c1-21(8-9-28-15-5-2-13(20)3-6-15)18(24)11-22-16-10-14(23(26)27)4-7-17(16)29-12-19(22)25/h2-7,10H,8-9,11-12H2,1H3. The summed E-state index contributed by atoms with van der Waals surface area (Å²) in [6.07, 6.45) is 0. The number of carbonyl (C=O) groups excluding carboxylic acids is 2. The number of halogens is 1. The molecule has 0 atom stereocenters. The Morgan fingerprint density at radius 3 is 2.72 bits per heavy atom. The quantitative estimate of drug-likeness (QED) is 0.461. The van der Waals surface area contributed by atoms with Gasteiger partial charge in [-0.2, -0.15) is 0 Å². The van der Waals surface area contributed by atoms with Gasteiger partial charge in [-0.25, -0.2) is 0 Å². The molecule has 0 aromatic heterocycles. The smallest absolute Gasteiger partial charge is 0.271 e. The number of nitro benzene ring substituents is 1. The molecule has 0 fully saturated rings. The van der Waals surface area contributed by atoms with Crippen LogP contribution in [0.25, 0.3) is 0 Å². The van der Waals surface area contributed by atoms with Gasteiger partial charge in [0.1, 0.15) is 24.7 Å². The van der Waals surface area contributed by atoms with Crippen molar-refractivity contribution >= 4 is 39.1 Å². The number of nitro groups is 1. The highest BCUT2D eigenvalue weighted by Gasteiger charge is 2.30. The summed E-state index contributed by atoms with van der Waals surface area (Å²) in [7, 11) is 1.60. The Bertz CT molecular complexity index is 934. The molecular formula is C19H18BrN3O6. The van der Waals surface area contributed by atoms with E-state index < -0.39 is 10.8 Å². The summed E-state index contributed by atoms with van der Waals surface area (Å²) in [5.41, 5.74) is 0.0269. The molecule has 2 aromatic rings. The molecule has 10 heteroatoms. The summed E-state index contributed by atoms with van der Waals surface area (Å²) in [4.78, 5) is 37.9. The van der Waals surface area contributed by atoms with E-state index in [2.05, 4.69) is 15.9 Å². The average molecular weight is 464 g/mol. The van der Waals surface area contributed by atoms with E-state index in [0.717, 1.165) is 4.47 Å². The van der Waals surface area contributed by atoms with Gasteiger partial charge in [0.2, 0.25) is 5.91 Å². The zero-order chi connectivity index (χ0) is 21.0. The summed E-state index contributed by atoms with van der Waals surface area (Å²) in [6.45, 7) is 0.123. The zero-order valence-corrected chi connectivity index (χ0v) is 17.1. The lowest BCUT2D eigenvalue weighted by Crippen LogP contribution is -2.46. The van der Waals surface area contributed by atoms with Gasteiger partial charge in [-0.3, -0.25) is 24.6 Å². The fraction of sp³-hybridized carbons (Fsp3) is 0.263. The number of anilines is 1. The van der Waals surface area contributed by atoms with E-state index in [1.807, 2.05) is 24.3 Å². The van der Waals surface area contributed by atoms with Crippen molar-refractivity contribution < 1.29 is 24.0 Å². The molecule has 0 spiro atoms. The second-order valence-corrected chi connectivity index (χ2v) is 7.21. The molecule has 1 aliphatic rings. The first-order valence-electron chi connectivity index (χ1n) is 8.69. The van der Waals surface area contributed by atoms with Crippen LogP contribution in [0.5, 0.6) is 11.5 Å². The monoisotopic (exact) mass is 463 g/mol. The molecule has 0 N–H and O–H groups in total. The highest BCUT2D eigenvalue weighted by atomic mass is 79.9. The molecule has 3 rings (SSSR count). The van der Waals surface area contributed by atoms with Crippen molar-refractivity contribution in [3.05, 3.63) is 57.1 Å². The molecule has 0 saturated carbocycles. The number of benzene rings is 2. The Kier molecular flexibility index (Phi) is 6.32. The number of non-ortho nitro benzene ring substituents is 1. The van der Waals surface area contributed by atoms with Gasteiger partial charge in [-0.15, -0.1) is 0 Å². The summed E-state index contributed by atoms with van der Waals surface area (Å²) in [5, 5.41) is 11.0. The molecule has 1 heterocycles. The van der Waals surface area contributed by atoms with Crippen LogP contribution in [-0.2, 0) is 9.59 Å². The lowest BCUT2D eigenvalue weighted by molar-refractivity contribution is -0.384. The van der Waals surface area contributed by atoms with Crippen LogP contribution in [0.2, 0.25) is 0 Å². The van der Waals surface area contributed by atoms with Gasteiger partial charge in [0.25, 0.3) is 11.6 Å². The summed E-state index contributed by atoms with van der Waals surface area (Å²) in [6, 6.07) is 11.3. The van der Waals surface area contributed by atoms with E-state index in [1.165, 1.54) is 28.0 Å². The minimum absolute atomic E-state index is 0.184. The van der Waals surface area contributed by atoms with Crippen molar-refractivity contribution in [2.45, 2.75) is 0 Å². The highest BCUT2D eigenvalue weighted by molar-refractivity contribution is 9.10. The number of carbonyl (C=O) groups is 2. The number of hydrogen-bond donors (Lipinski definition) is 0. The van der Waals surface area contributed by atoms with Crippen molar-refractivity contribution in [2.75, 3.05) is 38.3 Å². The Morgan fingerprint density at radius 2 is 2.03 bits per heavy atom. The van der Waals surface area contributed by atoms with Gasteiger partial charge >= 0.3 is 0 Å². The topological polar surface area (TPSA) is 102 Å². The van der Waals surface area contributed by atoms with Crippen LogP contribution in [0.3, 0.4) is 0 Å². The fourth-order valence-electron chi connectivity index (χ4n) is 2.69. The Morgan fingerprint density at radius 1 is 1.31 bits per heavy atom. The Labute approximate surface area is 175 Å². The third-order valence-corrected chi connectivity index (χ3v) is 4.85. The number of ether oxygens (including phenoxy) is 2. The number of nitrogens with zero attached hydrogens (tertiary/aromatic N) is 3. The molecule has 0 radical (unpaired) electrons. The minimum atomic E-state index is -0.565. The van der Waals surface area contributed by atoms with Crippen molar-refractivity contribution in [1.82, 2.24) is 4.90 Å². The van der Waals surface area contributed by atoms with Crippen molar-refractivity contribution in [3.63, 3.8) is 0 Å². The van der Waals surface area contributed by atoms with E-state index in [-0.39, 0.29) is 37.0 Å². The van der Waals surface area contributed by atoms with Crippen LogP contribution in [0, 0.1) is 10.1 Å². The molecule has 29 heavy (non-hydrogen) atoms. The number of amides is 2. The molecule has 1 aliphatic heterocycles. The van der Waals surface area contributed by atoms with Crippen LogP contribution < -0.4 is 14.4 Å². The van der Waals surface area contributed by atoms with E-state index >= 15 is 0 Å². The molecule has 2 amide bonds. The average Bonchev–Trinajstić information content (AvgIpc) is 2.71. The van der Waals surface area contributed by atoms with Gasteiger partial charge in [0.05, 0.1) is 17.2 Å². The van der Waals surface area contributed by atoms with E-state index in [1.54, 1.807) is 7.05 Å². The first-order valence-corrected chi connectivity index (χ1v) is 9.48. The van der Waals surface area contributed by atoms with Crippen molar-refractivity contribution in [3.8, 4) is 11.5 Å². The van der Waals surface area contributed by atoms with E-state index in [9.17, 15) is 19.7 Å². The summed E-state index contributed by atoms with van der Waals surface area (Å²) in [5.74, 6) is 0.242. The van der Waals surface area contributed by atoms with Gasteiger partial charge < -0.3 is 14.4 Å². The first kappa shape index (κ1) is 20.6. The molecule has 2 aromatic carbocycles. The predicted octanol–water partition coefficient (Wildman–Crippen LogP) is 2.62. The van der Waals surface area contributed by atoms with Crippen LogP contribution in [0.4, 0.5) is 11.4 Å². The fourth-order valence-corrected chi connectivity index (χ4v) is 2.95. The molecule has 0 saturated heterocycles. The maximum absolute atomic E-state index is 12.6. The molecule has 0 unspecified atom stereocenters. The van der Waals surface area contributed by atoms with Crippen LogP contribution in [0.15, 0.2) is 46.9 Å². The van der Waals surface area contributed by atoms with Crippen LogP contribution in [-0.4, -0.2) is 55.0 Å². The normalized spacial score (nSPS) is 12.8. The third kappa shape index (κ3) is 5.02. The molecule has 0 bridgehead atoms. The molecule has 152 valence electrons. The summed E-state index contributed by atoms with van der Waals surface area (Å²) >= 11 is 3.34. The predicted molar refractivity (Wildman–Crippen MR) is 108 cm³/mol. The number of hydrogen-bond acceptors (Lipinski definition) is 6. The van der Waals surface area contributed by atoms with E-state index in [0.29, 0.717) is 18.0 Å². The third-order valence-electron chi connectivity index (χ3n) is 4.32. The number of fused-ring (bicyclic) bond motifs is 1. The zero-order valence-electron chi connectivity index (χ0n) is 15.5. The Hall–Kier alpha value is -3.14. The van der Waals surface area contributed by atoms with Gasteiger partial charge in [0.15, 0.2) is 6.61 Å². The van der Waals surface area contributed by atoms with E-state index in [4.69, 9.17) is 9.47 Å². The van der Waals surface area contributed by atoms with Crippen LogP contribution in [0.1, 0.15) is 0 Å². The molecule has 9 nitrogen and oxygen atoms in total. The SMILES string of the molecule is CN(CCOc1ccc(Br)cc1)C(=O)CN1C(=O)COc2ccc([N+](=O)[O-])cc21. The first-order chi connectivity index (χ1) is 13.8. The second kappa shape index (κ2) is 8.91. The summed E-state index contributed by atoms with van der Waals surface area (Å²) < 4.78 is 11.8. The van der Waals surface area contributed by atoms with Gasteiger partial charge in [-0.1, -0.05) is 15.9 Å². The van der Waals surface area contributed by atoms with Crippen molar-refractivity contribution in [1.29, 1.82) is 0 Å².